The zero-order valence-electron chi connectivity index (χ0n) is 16.1. The van der Waals surface area contributed by atoms with Crippen LogP contribution in [-0.2, 0) is 11.2 Å². The summed E-state index contributed by atoms with van der Waals surface area (Å²) in [6, 6.07) is 15.7. The minimum absolute atomic E-state index is 0.0726. The van der Waals surface area contributed by atoms with Crippen molar-refractivity contribution in [3.8, 4) is 0 Å². The Morgan fingerprint density at radius 1 is 1.07 bits per heavy atom. The van der Waals surface area contributed by atoms with Gasteiger partial charge in [-0.2, -0.15) is 0 Å². The molecular weight excluding hydrogens is 370 g/mol. The number of carbonyl (C=O) groups excluding carboxylic acids is 2. The zero-order chi connectivity index (χ0) is 20.6. The molecule has 1 aliphatic heterocycles. The van der Waals surface area contributed by atoms with Crippen molar-refractivity contribution in [3.05, 3.63) is 65.7 Å². The first kappa shape index (κ1) is 20.4. The van der Waals surface area contributed by atoms with E-state index in [2.05, 4.69) is 10.6 Å². The number of carbonyl (C=O) groups is 3. The summed E-state index contributed by atoms with van der Waals surface area (Å²) in [7, 11) is 0. The molecule has 7 nitrogen and oxygen atoms in total. The maximum Gasteiger partial charge on any atom is 0.335 e. The maximum atomic E-state index is 12.5. The first-order valence-electron chi connectivity index (χ1n) is 9.74. The third kappa shape index (κ3) is 5.81. The van der Waals surface area contributed by atoms with Gasteiger partial charge in [-0.3, -0.25) is 4.79 Å². The number of hydrogen-bond donors (Lipinski definition) is 3. The molecule has 3 rings (SSSR count). The number of para-hydroxylation sites is 1. The van der Waals surface area contributed by atoms with Gasteiger partial charge in [-0.25, -0.2) is 9.59 Å². The molecule has 3 amide bonds. The number of amides is 3. The van der Waals surface area contributed by atoms with E-state index < -0.39 is 5.97 Å². The number of piperidine rings is 1. The smallest absolute Gasteiger partial charge is 0.335 e. The van der Waals surface area contributed by atoms with E-state index >= 15 is 0 Å². The highest BCUT2D eigenvalue weighted by Crippen LogP contribution is 2.18. The summed E-state index contributed by atoms with van der Waals surface area (Å²) in [5.41, 5.74) is 1.83. The molecule has 2 aromatic carbocycles. The lowest BCUT2D eigenvalue weighted by atomic mass is 9.97. The fourth-order valence-electron chi connectivity index (χ4n) is 3.43. The summed E-state index contributed by atoms with van der Waals surface area (Å²) >= 11 is 0. The molecule has 1 heterocycles. The monoisotopic (exact) mass is 395 g/mol. The molecule has 0 aromatic heterocycles. The SMILES string of the molecule is O=C(O)c1cccc(CCNC(=O)C2CCCN(C(=O)Nc3ccccc3)C2)c1. The number of carboxylic acids is 1. The minimum atomic E-state index is -0.966. The van der Waals surface area contributed by atoms with Crippen LogP contribution >= 0.6 is 0 Å². The first-order chi connectivity index (χ1) is 14.0. The third-order valence-electron chi connectivity index (χ3n) is 4.99. The molecule has 1 fully saturated rings. The largest absolute Gasteiger partial charge is 0.478 e. The van der Waals surface area contributed by atoms with Crippen LogP contribution in [-0.4, -0.2) is 47.5 Å². The maximum absolute atomic E-state index is 12.5. The van der Waals surface area contributed by atoms with Gasteiger partial charge >= 0.3 is 12.0 Å². The van der Waals surface area contributed by atoms with Gasteiger partial charge in [-0.15, -0.1) is 0 Å². The molecule has 0 saturated carbocycles. The lowest BCUT2D eigenvalue weighted by Gasteiger charge is -2.32. The number of nitrogens with one attached hydrogen (secondary N) is 2. The number of anilines is 1. The Kier molecular flexibility index (Phi) is 6.84. The number of urea groups is 1. The summed E-state index contributed by atoms with van der Waals surface area (Å²) < 4.78 is 0. The van der Waals surface area contributed by atoms with Gasteiger partial charge in [0.25, 0.3) is 0 Å². The van der Waals surface area contributed by atoms with E-state index in [0.29, 0.717) is 26.1 Å². The van der Waals surface area contributed by atoms with Crippen molar-refractivity contribution in [1.82, 2.24) is 10.2 Å². The number of carboxylic acid groups (broad SMARTS) is 1. The number of nitrogens with zero attached hydrogens (tertiary/aromatic N) is 1. The minimum Gasteiger partial charge on any atom is -0.478 e. The summed E-state index contributed by atoms with van der Waals surface area (Å²) in [4.78, 5) is 37.7. The number of likely N-dealkylation sites (tertiary alicyclic amines) is 1. The molecule has 1 aliphatic rings. The highest BCUT2D eigenvalue weighted by Gasteiger charge is 2.28. The van der Waals surface area contributed by atoms with Gasteiger partial charge in [0, 0.05) is 25.3 Å². The highest BCUT2D eigenvalue weighted by molar-refractivity contribution is 5.90. The Hall–Kier alpha value is -3.35. The van der Waals surface area contributed by atoms with E-state index in [1.807, 2.05) is 36.4 Å². The van der Waals surface area contributed by atoms with Crippen molar-refractivity contribution in [1.29, 1.82) is 0 Å². The molecule has 0 aliphatic carbocycles. The van der Waals surface area contributed by atoms with E-state index in [1.165, 1.54) is 0 Å². The fourth-order valence-corrected chi connectivity index (χ4v) is 3.43. The van der Waals surface area contributed by atoms with Gasteiger partial charge in [0.05, 0.1) is 11.5 Å². The van der Waals surface area contributed by atoms with Crippen LogP contribution in [0, 0.1) is 5.92 Å². The Morgan fingerprint density at radius 3 is 2.62 bits per heavy atom. The first-order valence-corrected chi connectivity index (χ1v) is 9.74. The van der Waals surface area contributed by atoms with E-state index in [4.69, 9.17) is 5.11 Å². The van der Waals surface area contributed by atoms with Gasteiger partial charge in [0.2, 0.25) is 5.91 Å². The van der Waals surface area contributed by atoms with E-state index in [0.717, 1.165) is 24.1 Å². The lowest BCUT2D eigenvalue weighted by Crippen LogP contribution is -2.47. The van der Waals surface area contributed by atoms with Crippen LogP contribution in [0.4, 0.5) is 10.5 Å². The van der Waals surface area contributed by atoms with Crippen LogP contribution in [0.15, 0.2) is 54.6 Å². The van der Waals surface area contributed by atoms with Crippen molar-refractivity contribution in [2.24, 2.45) is 5.92 Å². The van der Waals surface area contributed by atoms with Crippen molar-refractivity contribution in [3.63, 3.8) is 0 Å². The summed E-state index contributed by atoms with van der Waals surface area (Å²) in [6.07, 6.45) is 2.08. The lowest BCUT2D eigenvalue weighted by molar-refractivity contribution is -0.126. The van der Waals surface area contributed by atoms with Gasteiger partial charge in [-0.1, -0.05) is 30.3 Å². The van der Waals surface area contributed by atoms with Crippen molar-refractivity contribution < 1.29 is 19.5 Å². The topological polar surface area (TPSA) is 98.7 Å². The number of aromatic carboxylic acids is 1. The van der Waals surface area contributed by atoms with E-state index in [1.54, 1.807) is 23.1 Å². The second-order valence-electron chi connectivity index (χ2n) is 7.13. The zero-order valence-corrected chi connectivity index (χ0v) is 16.1. The predicted molar refractivity (Wildman–Crippen MR) is 110 cm³/mol. The molecular formula is C22H25N3O4. The van der Waals surface area contributed by atoms with Gasteiger partial charge in [-0.05, 0) is 49.1 Å². The fraction of sp³-hybridized carbons (Fsp3) is 0.318. The molecule has 3 N–H and O–H groups in total. The normalized spacial score (nSPS) is 16.1. The summed E-state index contributed by atoms with van der Waals surface area (Å²) in [6.45, 7) is 1.44. The van der Waals surface area contributed by atoms with Crippen LogP contribution in [0.5, 0.6) is 0 Å². The summed E-state index contributed by atoms with van der Waals surface area (Å²) in [5.74, 6) is -1.28. The molecule has 1 atom stereocenters. The Balaban J connectivity index is 1.47. The van der Waals surface area contributed by atoms with Crippen LogP contribution in [0.3, 0.4) is 0 Å². The van der Waals surface area contributed by atoms with Gasteiger partial charge in [0.1, 0.15) is 0 Å². The number of hydrogen-bond acceptors (Lipinski definition) is 3. The standard InChI is InChI=1S/C22H25N3O4/c26-20(23-12-11-16-6-4-7-17(14-16)21(27)28)18-8-5-13-25(15-18)22(29)24-19-9-2-1-3-10-19/h1-4,6-7,9-10,14,18H,5,8,11-13,15H2,(H,23,26)(H,24,29)(H,27,28). The van der Waals surface area contributed by atoms with E-state index in [-0.39, 0.29) is 23.4 Å². The van der Waals surface area contributed by atoms with E-state index in [9.17, 15) is 14.4 Å². The molecule has 2 aromatic rings. The van der Waals surface area contributed by atoms with Crippen molar-refractivity contribution in [2.45, 2.75) is 19.3 Å². The Morgan fingerprint density at radius 2 is 1.86 bits per heavy atom. The molecule has 1 saturated heterocycles. The average molecular weight is 395 g/mol. The van der Waals surface area contributed by atoms with Crippen LogP contribution in [0.25, 0.3) is 0 Å². The molecule has 0 spiro atoms. The molecule has 0 bridgehead atoms. The molecule has 29 heavy (non-hydrogen) atoms. The third-order valence-corrected chi connectivity index (χ3v) is 4.99. The summed E-state index contributed by atoms with van der Waals surface area (Å²) in [5, 5.41) is 14.8. The Labute approximate surface area is 169 Å². The second kappa shape index (κ2) is 9.73. The van der Waals surface area contributed by atoms with Crippen LogP contribution in [0.1, 0.15) is 28.8 Å². The number of rotatable bonds is 6. The van der Waals surface area contributed by atoms with Gasteiger partial charge < -0.3 is 20.6 Å². The second-order valence-corrected chi connectivity index (χ2v) is 7.13. The molecule has 1 unspecified atom stereocenters. The Bertz CT molecular complexity index is 869. The van der Waals surface area contributed by atoms with Crippen molar-refractivity contribution >= 4 is 23.6 Å². The highest BCUT2D eigenvalue weighted by atomic mass is 16.4. The molecule has 7 heteroatoms. The van der Waals surface area contributed by atoms with Crippen LogP contribution < -0.4 is 10.6 Å². The van der Waals surface area contributed by atoms with Gasteiger partial charge in [0.15, 0.2) is 0 Å². The average Bonchev–Trinajstić information content (AvgIpc) is 2.74. The molecule has 152 valence electrons. The predicted octanol–water partition coefficient (Wildman–Crippen LogP) is 2.99. The van der Waals surface area contributed by atoms with Crippen LogP contribution in [0.2, 0.25) is 0 Å². The number of benzene rings is 2. The molecule has 0 radical (unpaired) electrons. The van der Waals surface area contributed by atoms with Crippen molar-refractivity contribution in [2.75, 3.05) is 25.0 Å². The quantitative estimate of drug-likeness (QED) is 0.700.